The van der Waals surface area contributed by atoms with E-state index >= 15 is 19.2 Å². The molecule has 4 heterocycles. The first-order chi connectivity index (χ1) is 54.8. The number of carbonyl (C=O) groups excluding carboxylic acids is 13. The Hall–Kier alpha value is -10.3. The van der Waals surface area contributed by atoms with Crippen LogP contribution in [-0.2, 0) is 93.1 Å². The molecule has 1 saturated heterocycles. The third-order valence-corrected chi connectivity index (χ3v) is 22.6. The molecule has 3 aliphatic rings. The molecule has 2 fully saturated rings. The highest BCUT2D eigenvalue weighted by atomic mass is 32.2. The van der Waals surface area contributed by atoms with E-state index in [4.69, 9.17) is 5.73 Å². The molecule has 34 heteroatoms. The standard InChI is InChI=1S/C81H111N15O17S2/c1-7-16-56-71(104)90-61-40-64(102)83-34-13-9-12-22-57(73(106)94-65(45(2)97)77(110)88-58(72(105)86-56)32-27-52-41-85-70-55(52)21-15-35-84-70)87-74(107)59(38-47-23-28-53(99)29-24-47)91-80(113)68(81(4,5)6)93-63(101)33-36-114-42-49-17-14-18-50(37-49)43-115-44-62(69(82)103)92-78(111)66(46(3)98)95-79(112)67(51-19-10-8-11-20-51)96-76(109)60(89-75(61)108)39-48-25-30-54(100)31-26-48/h14-15,17-18,21,23-26,28-31,35,37,41,45-46,51,56-62,65-68,97-100H,7-13,16,19-20,22,27,32-34,36,38-40,42-44H2,1-6H3,(H2,82,103)(H,83,102)(H,84,85)(H,86,105)(H,87,107)(H,88,110)(H,89,108)(H,90,104)(H,91,113)(H,92,111)(H,93,101)(H,94,106)(H,95,112)(H,96,109)/t45-,46-,56+,57+,58+,59+,60+,61+,62+,65+,66+,67+,68-/m1/s1. The number of aliphatic hydroxyl groups is 2. The van der Waals surface area contributed by atoms with Crippen molar-refractivity contribution in [1.82, 2.24) is 73.8 Å². The summed E-state index contributed by atoms with van der Waals surface area (Å²) >= 11 is 2.72. The molecule has 5 aromatic rings. The minimum Gasteiger partial charge on any atom is -0.508 e. The minimum atomic E-state index is -1.82. The van der Waals surface area contributed by atoms with Gasteiger partial charge in [-0.05, 0) is 134 Å². The normalized spacial score (nSPS) is 25.3. The van der Waals surface area contributed by atoms with Crippen molar-refractivity contribution < 1.29 is 82.8 Å². The second-order valence-electron chi connectivity index (χ2n) is 30.9. The van der Waals surface area contributed by atoms with Gasteiger partial charge in [-0.1, -0.05) is 115 Å². The molecular weight excluding hydrogens is 1520 g/mol. The van der Waals surface area contributed by atoms with Gasteiger partial charge in [-0.2, -0.15) is 23.5 Å². The predicted molar refractivity (Wildman–Crippen MR) is 432 cm³/mol. The highest BCUT2D eigenvalue weighted by Crippen LogP contribution is 2.29. The van der Waals surface area contributed by atoms with Crippen LogP contribution in [0.5, 0.6) is 11.5 Å². The van der Waals surface area contributed by atoms with Crippen LogP contribution in [0.3, 0.4) is 0 Å². The number of nitrogens with two attached hydrogens (primary N) is 1. The molecule has 1 saturated carbocycles. The SMILES string of the molecule is CCC[C@@H]1NC(=O)[C@H](CCc2c[nH]c3ncccc23)NC(=O)[C@H]([C@@H](C)O)NC(=O)[C@@H]2CCCCCNC(=O)C[C@H](NC1=O)C(=O)N[C@@H](Cc1ccc(O)cc1)C(=O)N[C@@H](C1CCCCC1)C(=O)N[C@@H]([C@@H](C)O)C(=O)N[C@H](C(N)=O)CSCc1cccc(c1)CSCCC(=O)N[C@@H](C(C)(C)C)C(=O)N[C@@H](Cc1ccc(O)cc1)C(=O)N2. The fraction of sp³-hybridized carbons (Fsp3) is 0.531. The number of amides is 13. The summed E-state index contributed by atoms with van der Waals surface area (Å²) in [6.45, 7) is 9.30. The average molecular weight is 1630 g/mol. The van der Waals surface area contributed by atoms with Crippen molar-refractivity contribution in [2.45, 2.75) is 241 Å². The molecule has 2 aliphatic heterocycles. The molecule has 8 rings (SSSR count). The van der Waals surface area contributed by atoms with Crippen LogP contribution >= 0.6 is 23.5 Å². The third-order valence-electron chi connectivity index (χ3n) is 20.5. The molecule has 3 aromatic carbocycles. The first-order valence-corrected chi connectivity index (χ1v) is 41.6. The second kappa shape index (κ2) is 44.0. The lowest BCUT2D eigenvalue weighted by Gasteiger charge is -2.33. The van der Waals surface area contributed by atoms with Crippen LogP contribution in [0.15, 0.2) is 97.3 Å². The molecule has 624 valence electrons. The van der Waals surface area contributed by atoms with Crippen LogP contribution in [-0.4, -0.2) is 204 Å². The van der Waals surface area contributed by atoms with Gasteiger partial charge in [0, 0.05) is 66.6 Å². The van der Waals surface area contributed by atoms with Gasteiger partial charge in [-0.15, -0.1) is 0 Å². The van der Waals surface area contributed by atoms with Crippen LogP contribution in [0, 0.1) is 11.3 Å². The lowest BCUT2D eigenvalue weighted by molar-refractivity contribution is -0.138. The van der Waals surface area contributed by atoms with Gasteiger partial charge < -0.3 is 94.9 Å². The van der Waals surface area contributed by atoms with E-state index in [1.165, 1.54) is 85.9 Å². The molecule has 32 nitrogen and oxygen atoms in total. The smallest absolute Gasteiger partial charge is 0.245 e. The summed E-state index contributed by atoms with van der Waals surface area (Å²) in [5.74, 6) is -11.3. The molecule has 19 N–H and O–H groups in total. The van der Waals surface area contributed by atoms with E-state index in [9.17, 15) is 63.6 Å². The molecule has 1 aliphatic carbocycles. The molecule has 0 unspecified atom stereocenters. The molecular formula is C81H111N15O17S2. The molecule has 0 spiro atoms. The number of primary amides is 1. The molecule has 2 aromatic heterocycles. The van der Waals surface area contributed by atoms with Crippen molar-refractivity contribution in [1.29, 1.82) is 0 Å². The summed E-state index contributed by atoms with van der Waals surface area (Å²) in [5.41, 5.74) is 8.69. The summed E-state index contributed by atoms with van der Waals surface area (Å²) in [4.78, 5) is 198. The lowest BCUT2D eigenvalue weighted by Crippen LogP contribution is -2.63. The highest BCUT2D eigenvalue weighted by Gasteiger charge is 2.41. The number of benzene rings is 3. The number of phenolic OH excluding ortho intramolecular Hbond substituents is 2. The fourth-order valence-corrected chi connectivity index (χ4v) is 15.9. The number of pyridine rings is 1. The summed E-state index contributed by atoms with van der Waals surface area (Å²) in [5, 5.41) is 76.5. The maximum atomic E-state index is 15.3. The number of H-pyrrole nitrogens is 1. The molecule has 13 atom stereocenters. The van der Waals surface area contributed by atoms with Crippen molar-refractivity contribution in [3.05, 3.63) is 125 Å². The lowest BCUT2D eigenvalue weighted by atomic mass is 9.83. The number of nitrogens with one attached hydrogen (secondary N) is 13. The minimum absolute atomic E-state index is 0.0269. The first-order valence-electron chi connectivity index (χ1n) is 39.3. The zero-order valence-corrected chi connectivity index (χ0v) is 67.4. The van der Waals surface area contributed by atoms with E-state index in [0.29, 0.717) is 70.7 Å². The summed E-state index contributed by atoms with van der Waals surface area (Å²) < 4.78 is 0. The Kier molecular flexibility index (Phi) is 34.5. The number of hydrogen-bond donors (Lipinski definition) is 18. The summed E-state index contributed by atoms with van der Waals surface area (Å²) in [6, 6.07) is 5.62. The second-order valence-corrected chi connectivity index (χ2v) is 33.0. The van der Waals surface area contributed by atoms with Crippen LogP contribution in [0.2, 0.25) is 0 Å². The Morgan fingerprint density at radius 3 is 1.70 bits per heavy atom. The zero-order chi connectivity index (χ0) is 83.5. The van der Waals surface area contributed by atoms with Crippen LogP contribution in [0.1, 0.15) is 159 Å². The third kappa shape index (κ3) is 28.0. The van der Waals surface area contributed by atoms with Crippen molar-refractivity contribution in [2.24, 2.45) is 17.1 Å². The summed E-state index contributed by atoms with van der Waals surface area (Å²) in [6.07, 6.45) is 2.17. The Bertz CT molecular complexity index is 4190. The number of thioether (sulfide) groups is 2. The van der Waals surface area contributed by atoms with Gasteiger partial charge in [-0.25, -0.2) is 4.98 Å². The van der Waals surface area contributed by atoms with E-state index in [0.717, 1.165) is 17.5 Å². The molecule has 115 heavy (non-hydrogen) atoms. The van der Waals surface area contributed by atoms with Gasteiger partial charge in [0.2, 0.25) is 76.8 Å². The number of aliphatic hydroxyl groups excluding tert-OH is 2. The number of nitrogens with zero attached hydrogens (tertiary/aromatic N) is 1. The van der Waals surface area contributed by atoms with E-state index < -0.39 is 173 Å². The first kappa shape index (κ1) is 90.2. The van der Waals surface area contributed by atoms with Crippen LogP contribution < -0.4 is 69.5 Å². The molecule has 0 radical (unpaired) electrons. The number of hydrogen-bond acceptors (Lipinski definition) is 20. The number of fused-ring (bicyclic) bond motifs is 12. The van der Waals surface area contributed by atoms with Crippen molar-refractivity contribution >= 4 is 111 Å². The van der Waals surface area contributed by atoms with E-state index in [1.54, 1.807) is 52.2 Å². The Morgan fingerprint density at radius 1 is 0.548 bits per heavy atom. The van der Waals surface area contributed by atoms with Gasteiger partial charge in [-0.3, -0.25) is 62.3 Å². The van der Waals surface area contributed by atoms with Crippen molar-refractivity contribution in [2.75, 3.05) is 18.1 Å². The van der Waals surface area contributed by atoms with Crippen molar-refractivity contribution in [3.8, 4) is 11.5 Å². The quantitative estimate of drug-likeness (QED) is 0.0802. The average Bonchev–Trinajstić information content (AvgIpc) is 1.82. The van der Waals surface area contributed by atoms with Gasteiger partial charge in [0.1, 0.15) is 83.6 Å². The van der Waals surface area contributed by atoms with E-state index in [1.807, 2.05) is 24.3 Å². The highest BCUT2D eigenvalue weighted by molar-refractivity contribution is 7.98. The number of rotatable bonds is 13. The number of aromatic amines is 1. The number of carbonyl (C=O) groups is 13. The monoisotopic (exact) mass is 1630 g/mol. The molecule has 4 bridgehead atoms. The maximum Gasteiger partial charge on any atom is 0.245 e. The van der Waals surface area contributed by atoms with Gasteiger partial charge in [0.15, 0.2) is 0 Å². The van der Waals surface area contributed by atoms with E-state index in [-0.39, 0.29) is 94.4 Å². The Balaban J connectivity index is 1.19. The zero-order valence-electron chi connectivity index (χ0n) is 65.8. The number of aromatic hydroxyl groups is 2. The van der Waals surface area contributed by atoms with Gasteiger partial charge >= 0.3 is 0 Å². The number of aryl methyl sites for hydroxylation is 1. The number of aromatic nitrogens is 2. The van der Waals surface area contributed by atoms with Gasteiger partial charge in [0.05, 0.1) is 18.6 Å². The largest absolute Gasteiger partial charge is 0.508 e. The van der Waals surface area contributed by atoms with Crippen LogP contribution in [0.25, 0.3) is 11.0 Å². The Morgan fingerprint density at radius 2 is 1.08 bits per heavy atom. The predicted octanol–water partition coefficient (Wildman–Crippen LogP) is 2.05. The number of phenols is 2. The van der Waals surface area contributed by atoms with Gasteiger partial charge in [0.25, 0.3) is 0 Å². The molecule has 13 amide bonds. The fourth-order valence-electron chi connectivity index (χ4n) is 14.0. The Labute approximate surface area is 677 Å². The van der Waals surface area contributed by atoms with Crippen LogP contribution in [0.4, 0.5) is 0 Å². The maximum absolute atomic E-state index is 15.3. The topological polar surface area (TPSA) is 502 Å². The summed E-state index contributed by atoms with van der Waals surface area (Å²) in [7, 11) is 0. The van der Waals surface area contributed by atoms with E-state index in [2.05, 4.69) is 73.8 Å². The van der Waals surface area contributed by atoms with Crippen molar-refractivity contribution in [3.63, 3.8) is 0 Å².